The predicted octanol–water partition coefficient (Wildman–Crippen LogP) is 4.81. The van der Waals surface area contributed by atoms with Crippen LogP contribution in [-0.4, -0.2) is 24.9 Å². The molecule has 0 aliphatic carbocycles. The van der Waals surface area contributed by atoms with Crippen molar-refractivity contribution in [1.29, 1.82) is 0 Å². The Morgan fingerprint density at radius 1 is 0.833 bits per heavy atom. The molecule has 0 N–H and O–H groups in total. The summed E-state index contributed by atoms with van der Waals surface area (Å²) >= 11 is 0. The minimum Gasteiger partial charge on any atom is -0.379 e. The molecule has 2 heteroatoms. The van der Waals surface area contributed by atoms with Gasteiger partial charge in [-0.15, -0.1) is 0 Å². The highest BCUT2D eigenvalue weighted by atomic mass is 16.5. The summed E-state index contributed by atoms with van der Waals surface area (Å²) < 4.78 is 11.5. The highest BCUT2D eigenvalue weighted by molar-refractivity contribution is 4.80. The van der Waals surface area contributed by atoms with Gasteiger partial charge in [-0.3, -0.25) is 0 Å². The number of methoxy groups -OCH3 is 1. The van der Waals surface area contributed by atoms with Gasteiger partial charge in [0.2, 0.25) is 0 Å². The third-order valence-corrected chi connectivity index (χ3v) is 3.58. The van der Waals surface area contributed by atoms with Crippen molar-refractivity contribution < 1.29 is 9.47 Å². The van der Waals surface area contributed by atoms with Gasteiger partial charge in [-0.05, 0) is 52.4 Å². The van der Waals surface area contributed by atoms with Gasteiger partial charge >= 0.3 is 0 Å². The van der Waals surface area contributed by atoms with Crippen LogP contribution in [0, 0.1) is 5.41 Å². The topological polar surface area (TPSA) is 18.5 Å². The summed E-state index contributed by atoms with van der Waals surface area (Å²) in [5, 5.41) is 0. The molecule has 0 saturated heterocycles. The van der Waals surface area contributed by atoms with Crippen LogP contribution in [-0.2, 0) is 9.47 Å². The quantitative estimate of drug-likeness (QED) is 0.590. The van der Waals surface area contributed by atoms with Gasteiger partial charge in [-0.1, -0.05) is 27.2 Å². The van der Waals surface area contributed by atoms with E-state index in [0.29, 0.717) is 0 Å². The van der Waals surface area contributed by atoms with E-state index >= 15 is 0 Å². The summed E-state index contributed by atoms with van der Waals surface area (Å²) in [7, 11) is 1.79. The second-order valence-corrected chi connectivity index (χ2v) is 7.41. The molecule has 0 bridgehead atoms. The molecule has 2 nitrogen and oxygen atoms in total. The van der Waals surface area contributed by atoms with Crippen molar-refractivity contribution in [2.45, 2.75) is 85.4 Å². The zero-order valence-electron chi connectivity index (χ0n) is 13.9. The lowest BCUT2D eigenvalue weighted by atomic mass is 9.79. The van der Waals surface area contributed by atoms with Crippen LogP contribution in [0.15, 0.2) is 0 Å². The van der Waals surface area contributed by atoms with E-state index in [1.807, 2.05) is 0 Å². The minimum atomic E-state index is -0.0531. The lowest BCUT2D eigenvalue weighted by Crippen LogP contribution is -2.32. The zero-order chi connectivity index (χ0) is 14.4. The monoisotopic (exact) mass is 258 g/mol. The maximum Gasteiger partial charge on any atom is 0.0627 e. The van der Waals surface area contributed by atoms with Crippen molar-refractivity contribution in [3.8, 4) is 0 Å². The van der Waals surface area contributed by atoms with Gasteiger partial charge in [0.15, 0.2) is 0 Å². The van der Waals surface area contributed by atoms with Crippen molar-refractivity contribution in [1.82, 2.24) is 0 Å². The average Bonchev–Trinajstić information content (AvgIpc) is 2.14. The standard InChI is InChI=1S/C16H34O2/c1-9-10-15(4,5)18-12-11-14(2,3)13-16(6,7)17-8/h9-13H2,1-8H3. The molecule has 0 aromatic carbocycles. The summed E-state index contributed by atoms with van der Waals surface area (Å²) in [6.45, 7) is 16.3. The van der Waals surface area contributed by atoms with Crippen molar-refractivity contribution in [3.63, 3.8) is 0 Å². The largest absolute Gasteiger partial charge is 0.379 e. The first-order valence-corrected chi connectivity index (χ1v) is 7.23. The molecule has 0 aliphatic heterocycles. The highest BCUT2D eigenvalue weighted by Crippen LogP contribution is 2.33. The van der Waals surface area contributed by atoms with Crippen LogP contribution in [0.1, 0.15) is 74.1 Å². The molecular weight excluding hydrogens is 224 g/mol. The maximum absolute atomic E-state index is 6.01. The van der Waals surface area contributed by atoms with Crippen molar-refractivity contribution >= 4 is 0 Å². The maximum atomic E-state index is 6.01. The summed E-state index contributed by atoms with van der Waals surface area (Å²) in [4.78, 5) is 0. The molecule has 0 spiro atoms. The molecule has 0 radical (unpaired) electrons. The second-order valence-electron chi connectivity index (χ2n) is 7.41. The molecule has 0 aromatic rings. The van der Waals surface area contributed by atoms with E-state index in [4.69, 9.17) is 9.47 Å². The molecule has 0 rings (SSSR count). The van der Waals surface area contributed by atoms with E-state index in [1.165, 1.54) is 6.42 Å². The Labute approximate surface area is 114 Å². The van der Waals surface area contributed by atoms with Crippen LogP contribution in [0.25, 0.3) is 0 Å². The summed E-state index contributed by atoms with van der Waals surface area (Å²) in [5.74, 6) is 0. The van der Waals surface area contributed by atoms with Crippen LogP contribution < -0.4 is 0 Å². The van der Waals surface area contributed by atoms with E-state index in [9.17, 15) is 0 Å². The van der Waals surface area contributed by atoms with E-state index in [1.54, 1.807) is 7.11 Å². The van der Waals surface area contributed by atoms with Gasteiger partial charge in [0.05, 0.1) is 11.2 Å². The van der Waals surface area contributed by atoms with Gasteiger partial charge < -0.3 is 9.47 Å². The van der Waals surface area contributed by atoms with E-state index < -0.39 is 0 Å². The predicted molar refractivity (Wildman–Crippen MR) is 79.0 cm³/mol. The number of rotatable bonds is 9. The summed E-state index contributed by atoms with van der Waals surface area (Å²) in [6, 6.07) is 0. The lowest BCUT2D eigenvalue weighted by molar-refractivity contribution is -0.0509. The smallest absolute Gasteiger partial charge is 0.0627 e. The molecule has 0 fully saturated rings. The van der Waals surface area contributed by atoms with Crippen LogP contribution in [0.5, 0.6) is 0 Å². The third kappa shape index (κ3) is 8.10. The second kappa shape index (κ2) is 6.91. The highest BCUT2D eigenvalue weighted by Gasteiger charge is 2.29. The molecule has 110 valence electrons. The van der Waals surface area contributed by atoms with Crippen LogP contribution in [0.4, 0.5) is 0 Å². The molecule has 0 unspecified atom stereocenters. The fourth-order valence-electron chi connectivity index (χ4n) is 2.59. The lowest BCUT2D eigenvalue weighted by Gasteiger charge is -2.35. The van der Waals surface area contributed by atoms with Gasteiger partial charge in [0, 0.05) is 13.7 Å². The molecule has 0 atom stereocenters. The Hall–Kier alpha value is -0.0800. The third-order valence-electron chi connectivity index (χ3n) is 3.58. The molecule has 0 aromatic heterocycles. The normalized spacial score (nSPS) is 14.0. The molecule has 0 saturated carbocycles. The van der Waals surface area contributed by atoms with E-state index in [0.717, 1.165) is 25.9 Å². The summed E-state index contributed by atoms with van der Waals surface area (Å²) in [6.07, 6.45) is 4.42. The first kappa shape index (κ1) is 17.9. The van der Waals surface area contributed by atoms with E-state index in [-0.39, 0.29) is 16.6 Å². The fraction of sp³-hybridized carbons (Fsp3) is 1.00. The Morgan fingerprint density at radius 2 is 1.39 bits per heavy atom. The Morgan fingerprint density at radius 3 is 1.83 bits per heavy atom. The Kier molecular flexibility index (Phi) is 6.87. The molecule has 18 heavy (non-hydrogen) atoms. The van der Waals surface area contributed by atoms with Gasteiger partial charge in [0.1, 0.15) is 0 Å². The number of hydrogen-bond acceptors (Lipinski definition) is 2. The molecule has 0 heterocycles. The summed E-state index contributed by atoms with van der Waals surface area (Å²) in [5.41, 5.74) is 0.214. The van der Waals surface area contributed by atoms with Crippen molar-refractivity contribution in [3.05, 3.63) is 0 Å². The SMILES string of the molecule is CCCC(C)(C)OCCC(C)(C)CC(C)(C)OC. The first-order chi connectivity index (χ1) is 8.04. The van der Waals surface area contributed by atoms with Gasteiger partial charge in [-0.25, -0.2) is 0 Å². The van der Waals surface area contributed by atoms with Crippen LogP contribution >= 0.6 is 0 Å². The first-order valence-electron chi connectivity index (χ1n) is 7.23. The molecular formula is C16H34O2. The molecule has 0 amide bonds. The van der Waals surface area contributed by atoms with E-state index in [2.05, 4.69) is 48.5 Å². The minimum absolute atomic E-state index is 0.0155. The van der Waals surface area contributed by atoms with Crippen LogP contribution in [0.2, 0.25) is 0 Å². The van der Waals surface area contributed by atoms with Crippen molar-refractivity contribution in [2.24, 2.45) is 5.41 Å². The van der Waals surface area contributed by atoms with Gasteiger partial charge in [0.25, 0.3) is 0 Å². The zero-order valence-corrected chi connectivity index (χ0v) is 13.9. The number of hydrogen-bond donors (Lipinski definition) is 0. The van der Waals surface area contributed by atoms with Crippen molar-refractivity contribution in [2.75, 3.05) is 13.7 Å². The van der Waals surface area contributed by atoms with Crippen LogP contribution in [0.3, 0.4) is 0 Å². The number of ether oxygens (including phenoxy) is 2. The molecule has 0 aliphatic rings. The Bertz CT molecular complexity index is 229. The Balaban J connectivity index is 4.12. The fourth-order valence-corrected chi connectivity index (χ4v) is 2.59. The van der Waals surface area contributed by atoms with Gasteiger partial charge in [-0.2, -0.15) is 0 Å². The average molecular weight is 258 g/mol.